The second-order valence-corrected chi connectivity index (χ2v) is 4.90. The van der Waals surface area contributed by atoms with Crippen LogP contribution in [-0.2, 0) is 0 Å². The van der Waals surface area contributed by atoms with Crippen molar-refractivity contribution in [2.24, 2.45) is 0 Å². The monoisotopic (exact) mass is 289 g/mol. The zero-order valence-corrected chi connectivity index (χ0v) is 11.6. The third-order valence-electron chi connectivity index (χ3n) is 3.55. The number of benzene rings is 2. The largest absolute Gasteiger partial charge is 0.505 e. The average molecular weight is 289 g/mol. The summed E-state index contributed by atoms with van der Waals surface area (Å²) in [5.74, 6) is 0.564. The van der Waals surface area contributed by atoms with Crippen molar-refractivity contribution in [2.45, 2.75) is 12.5 Å². The van der Waals surface area contributed by atoms with Crippen molar-refractivity contribution in [2.75, 3.05) is 19.0 Å². The van der Waals surface area contributed by atoms with E-state index in [9.17, 15) is 9.50 Å². The molecule has 4 nitrogen and oxygen atoms in total. The van der Waals surface area contributed by atoms with E-state index in [4.69, 9.17) is 9.47 Å². The topological polar surface area (TPSA) is 50.7 Å². The molecule has 0 saturated heterocycles. The van der Waals surface area contributed by atoms with Crippen molar-refractivity contribution < 1.29 is 19.0 Å². The van der Waals surface area contributed by atoms with Crippen molar-refractivity contribution in [3.8, 4) is 17.2 Å². The summed E-state index contributed by atoms with van der Waals surface area (Å²) in [7, 11) is 1.61. The second-order valence-electron chi connectivity index (χ2n) is 4.90. The number of anilines is 1. The fourth-order valence-electron chi connectivity index (χ4n) is 2.45. The number of ether oxygens (including phenoxy) is 2. The molecule has 0 fully saturated rings. The van der Waals surface area contributed by atoms with Crippen LogP contribution in [-0.4, -0.2) is 18.8 Å². The van der Waals surface area contributed by atoms with Gasteiger partial charge in [-0.2, -0.15) is 0 Å². The molecule has 0 radical (unpaired) electrons. The number of phenols is 1. The van der Waals surface area contributed by atoms with Crippen molar-refractivity contribution in [1.82, 2.24) is 0 Å². The number of hydrogen-bond acceptors (Lipinski definition) is 4. The Kier molecular flexibility index (Phi) is 3.56. The smallest absolute Gasteiger partial charge is 0.166 e. The predicted molar refractivity (Wildman–Crippen MR) is 77.5 cm³/mol. The van der Waals surface area contributed by atoms with Crippen molar-refractivity contribution in [3.63, 3.8) is 0 Å². The van der Waals surface area contributed by atoms with Crippen LogP contribution in [0.1, 0.15) is 18.0 Å². The van der Waals surface area contributed by atoms with Crippen molar-refractivity contribution >= 4 is 5.69 Å². The number of nitrogens with one attached hydrogen (secondary N) is 1. The van der Waals surface area contributed by atoms with Gasteiger partial charge in [0.2, 0.25) is 0 Å². The van der Waals surface area contributed by atoms with E-state index in [2.05, 4.69) is 5.32 Å². The highest BCUT2D eigenvalue weighted by atomic mass is 19.1. The normalized spacial score (nSPS) is 16.8. The first-order valence-electron chi connectivity index (χ1n) is 6.73. The summed E-state index contributed by atoms with van der Waals surface area (Å²) in [5, 5.41) is 12.5. The van der Waals surface area contributed by atoms with Gasteiger partial charge in [-0.3, -0.25) is 0 Å². The van der Waals surface area contributed by atoms with E-state index < -0.39 is 5.82 Å². The molecule has 110 valence electrons. The Labute approximate surface area is 122 Å². The van der Waals surface area contributed by atoms with Gasteiger partial charge in [0.25, 0.3) is 0 Å². The Morgan fingerprint density at radius 3 is 2.90 bits per heavy atom. The van der Waals surface area contributed by atoms with Crippen LogP contribution >= 0.6 is 0 Å². The molecule has 1 aliphatic rings. The van der Waals surface area contributed by atoms with Gasteiger partial charge in [0.1, 0.15) is 11.5 Å². The molecule has 2 aromatic carbocycles. The van der Waals surface area contributed by atoms with Crippen LogP contribution < -0.4 is 14.8 Å². The fraction of sp³-hybridized carbons (Fsp3) is 0.250. The quantitative estimate of drug-likeness (QED) is 0.849. The molecule has 3 rings (SSSR count). The van der Waals surface area contributed by atoms with Crippen molar-refractivity contribution in [3.05, 3.63) is 47.8 Å². The summed E-state index contributed by atoms with van der Waals surface area (Å²) < 4.78 is 24.3. The van der Waals surface area contributed by atoms with Gasteiger partial charge in [-0.1, -0.05) is 0 Å². The highest BCUT2D eigenvalue weighted by Crippen LogP contribution is 2.37. The average Bonchev–Trinajstić information content (AvgIpc) is 2.51. The first-order chi connectivity index (χ1) is 10.2. The Balaban J connectivity index is 1.88. The molecular weight excluding hydrogens is 273 g/mol. The van der Waals surface area contributed by atoms with Crippen LogP contribution in [0, 0.1) is 5.82 Å². The second kappa shape index (κ2) is 5.52. The van der Waals surface area contributed by atoms with Crippen LogP contribution in [0.4, 0.5) is 10.1 Å². The third kappa shape index (κ3) is 2.72. The maximum Gasteiger partial charge on any atom is 0.166 e. The molecule has 5 heteroatoms. The van der Waals surface area contributed by atoms with E-state index in [1.54, 1.807) is 13.2 Å². The molecule has 1 heterocycles. The lowest BCUT2D eigenvalue weighted by atomic mass is 10.00. The number of methoxy groups -OCH3 is 1. The molecule has 2 N–H and O–H groups in total. The van der Waals surface area contributed by atoms with Crippen LogP contribution in [0.15, 0.2) is 36.4 Å². The summed E-state index contributed by atoms with van der Waals surface area (Å²) in [6, 6.07) is 9.92. The molecule has 0 bridgehead atoms. The molecule has 0 aromatic heterocycles. The van der Waals surface area contributed by atoms with Gasteiger partial charge >= 0.3 is 0 Å². The summed E-state index contributed by atoms with van der Waals surface area (Å²) in [6.45, 7) is 0.595. The molecule has 2 aromatic rings. The van der Waals surface area contributed by atoms with Gasteiger partial charge in [0.15, 0.2) is 11.6 Å². The van der Waals surface area contributed by atoms with Gasteiger partial charge < -0.3 is 19.9 Å². The predicted octanol–water partition coefficient (Wildman–Crippen LogP) is 3.48. The fourth-order valence-corrected chi connectivity index (χ4v) is 2.45. The van der Waals surface area contributed by atoms with E-state index in [0.29, 0.717) is 12.3 Å². The number of rotatable bonds is 3. The molecule has 1 unspecified atom stereocenters. The van der Waals surface area contributed by atoms with Gasteiger partial charge in [-0.25, -0.2) is 4.39 Å². The number of halogens is 1. The summed E-state index contributed by atoms with van der Waals surface area (Å²) in [5.41, 5.74) is 1.60. The SMILES string of the molecule is COc1ccc2c(c1)C(Nc1ccc(O)c(F)c1)CCO2. The molecule has 0 amide bonds. The number of aromatic hydroxyl groups is 1. The van der Waals surface area contributed by atoms with Crippen LogP contribution in [0.5, 0.6) is 17.2 Å². The van der Waals surface area contributed by atoms with E-state index in [1.165, 1.54) is 12.1 Å². The minimum Gasteiger partial charge on any atom is -0.505 e. The van der Waals surface area contributed by atoms with Gasteiger partial charge in [-0.15, -0.1) is 0 Å². The Hall–Kier alpha value is -2.43. The number of phenolic OH excluding ortho intramolecular Hbond substituents is 1. The van der Waals surface area contributed by atoms with E-state index in [1.807, 2.05) is 18.2 Å². The minimum absolute atomic E-state index is 0.00722. The minimum atomic E-state index is -0.641. The summed E-state index contributed by atoms with van der Waals surface area (Å²) in [6.07, 6.45) is 0.767. The summed E-state index contributed by atoms with van der Waals surface area (Å²) >= 11 is 0. The molecule has 0 saturated carbocycles. The highest BCUT2D eigenvalue weighted by Gasteiger charge is 2.22. The Morgan fingerprint density at radius 2 is 2.14 bits per heavy atom. The molecule has 1 aliphatic heterocycles. The lowest BCUT2D eigenvalue weighted by Crippen LogP contribution is -2.20. The Morgan fingerprint density at radius 1 is 1.29 bits per heavy atom. The van der Waals surface area contributed by atoms with Gasteiger partial charge in [0.05, 0.1) is 19.8 Å². The lowest BCUT2D eigenvalue weighted by Gasteiger charge is -2.28. The zero-order chi connectivity index (χ0) is 14.8. The third-order valence-corrected chi connectivity index (χ3v) is 3.55. The van der Waals surface area contributed by atoms with E-state index in [-0.39, 0.29) is 11.8 Å². The lowest BCUT2D eigenvalue weighted by molar-refractivity contribution is 0.273. The van der Waals surface area contributed by atoms with E-state index in [0.717, 1.165) is 23.5 Å². The van der Waals surface area contributed by atoms with E-state index >= 15 is 0 Å². The maximum atomic E-state index is 13.4. The van der Waals surface area contributed by atoms with Crippen LogP contribution in [0.2, 0.25) is 0 Å². The standard InChI is InChI=1S/C16H16FNO3/c1-20-11-3-5-16-12(9-11)14(6-7-21-16)18-10-2-4-15(19)13(17)8-10/h2-5,8-9,14,18-19H,6-7H2,1H3. The zero-order valence-electron chi connectivity index (χ0n) is 11.6. The maximum absolute atomic E-state index is 13.4. The summed E-state index contributed by atoms with van der Waals surface area (Å²) in [4.78, 5) is 0. The van der Waals surface area contributed by atoms with Crippen LogP contribution in [0.25, 0.3) is 0 Å². The van der Waals surface area contributed by atoms with Crippen molar-refractivity contribution in [1.29, 1.82) is 0 Å². The van der Waals surface area contributed by atoms with Gasteiger partial charge in [-0.05, 0) is 30.3 Å². The number of hydrogen-bond donors (Lipinski definition) is 2. The van der Waals surface area contributed by atoms with Gasteiger partial charge in [0, 0.05) is 23.7 Å². The molecule has 0 spiro atoms. The molecule has 0 aliphatic carbocycles. The first kappa shape index (κ1) is 13.5. The molecular formula is C16H16FNO3. The molecule has 21 heavy (non-hydrogen) atoms. The molecule has 1 atom stereocenters. The first-order valence-corrected chi connectivity index (χ1v) is 6.73. The Bertz CT molecular complexity index is 660. The number of fused-ring (bicyclic) bond motifs is 1. The van der Waals surface area contributed by atoms with Crippen LogP contribution in [0.3, 0.4) is 0 Å². The highest BCUT2D eigenvalue weighted by molar-refractivity contribution is 5.52.